The summed E-state index contributed by atoms with van der Waals surface area (Å²) in [6, 6.07) is 2.76. The lowest BCUT2D eigenvalue weighted by Crippen LogP contribution is -2.35. The average Bonchev–Trinajstić information content (AvgIpc) is 2.39. The van der Waals surface area contributed by atoms with Crippen molar-refractivity contribution in [2.45, 2.75) is 18.9 Å². The molecule has 1 fully saturated rings. The van der Waals surface area contributed by atoms with Crippen LogP contribution in [0.15, 0.2) is 12.1 Å². The summed E-state index contributed by atoms with van der Waals surface area (Å²) in [6.07, 6.45) is 1.33. The Morgan fingerprint density at radius 1 is 1.50 bits per heavy atom. The van der Waals surface area contributed by atoms with E-state index in [0.29, 0.717) is 17.9 Å². The molecule has 0 aliphatic carbocycles. The Kier molecular flexibility index (Phi) is 4.12. The van der Waals surface area contributed by atoms with Gasteiger partial charge < -0.3 is 15.8 Å². The maximum absolute atomic E-state index is 11.6. The second kappa shape index (κ2) is 5.66. The van der Waals surface area contributed by atoms with Gasteiger partial charge in [0, 0.05) is 6.04 Å². The first-order valence-corrected chi connectivity index (χ1v) is 8.05. The number of sulfone groups is 1. The molecule has 1 aromatic rings. The van der Waals surface area contributed by atoms with Crippen LogP contribution in [0.2, 0.25) is 0 Å². The fraction of sp³-hybridized carbons (Fsp3) is 0.500. The van der Waals surface area contributed by atoms with Crippen LogP contribution in [0.4, 0.5) is 11.5 Å². The van der Waals surface area contributed by atoms with Crippen molar-refractivity contribution in [2.75, 3.05) is 29.7 Å². The highest BCUT2D eigenvalue weighted by Gasteiger charge is 2.25. The molecule has 1 aliphatic rings. The number of pyridine rings is 1. The lowest BCUT2D eigenvalue weighted by atomic mass is 10.2. The van der Waals surface area contributed by atoms with E-state index >= 15 is 0 Å². The van der Waals surface area contributed by atoms with Crippen LogP contribution in [0.1, 0.15) is 23.3 Å². The Bertz CT molecular complexity index is 615. The van der Waals surface area contributed by atoms with Crippen LogP contribution < -0.4 is 11.1 Å². The number of esters is 1. The molecule has 1 atom stereocenters. The first-order valence-electron chi connectivity index (χ1n) is 6.23. The number of hydrogen-bond acceptors (Lipinski definition) is 7. The highest BCUT2D eigenvalue weighted by atomic mass is 32.2. The minimum Gasteiger partial charge on any atom is -0.464 e. The van der Waals surface area contributed by atoms with E-state index < -0.39 is 15.8 Å². The average molecular weight is 299 g/mol. The zero-order valence-corrected chi connectivity index (χ0v) is 11.9. The Hall–Kier alpha value is -1.83. The van der Waals surface area contributed by atoms with Gasteiger partial charge in [-0.1, -0.05) is 0 Å². The molecule has 0 spiro atoms. The quantitative estimate of drug-likeness (QED) is 0.779. The largest absolute Gasteiger partial charge is 0.464 e. The maximum atomic E-state index is 11.6. The van der Waals surface area contributed by atoms with Crippen molar-refractivity contribution in [2.24, 2.45) is 0 Å². The Labute approximate surface area is 117 Å². The summed E-state index contributed by atoms with van der Waals surface area (Å²) in [5.74, 6) is 0.0201. The number of carbonyl (C=O) groups excluding carboxylic acids is 1. The summed E-state index contributed by atoms with van der Waals surface area (Å²) in [6.45, 7) is 0. The summed E-state index contributed by atoms with van der Waals surface area (Å²) >= 11 is 0. The molecule has 3 N–H and O–H groups in total. The molecule has 0 radical (unpaired) electrons. The minimum atomic E-state index is -3.02. The molecular weight excluding hydrogens is 282 g/mol. The van der Waals surface area contributed by atoms with Crippen molar-refractivity contribution in [3.63, 3.8) is 0 Å². The van der Waals surface area contributed by atoms with E-state index in [0.717, 1.165) is 6.42 Å². The number of aromatic nitrogens is 1. The summed E-state index contributed by atoms with van der Waals surface area (Å²) in [7, 11) is -1.75. The van der Waals surface area contributed by atoms with Gasteiger partial charge in [-0.25, -0.2) is 18.2 Å². The van der Waals surface area contributed by atoms with Crippen LogP contribution in [0, 0.1) is 0 Å². The molecule has 1 aliphatic heterocycles. The molecule has 0 saturated carbocycles. The smallest absolute Gasteiger partial charge is 0.356 e. The van der Waals surface area contributed by atoms with Gasteiger partial charge in [0.2, 0.25) is 0 Å². The predicted molar refractivity (Wildman–Crippen MR) is 75.3 cm³/mol. The molecule has 0 aromatic carbocycles. The summed E-state index contributed by atoms with van der Waals surface area (Å²) in [5.41, 5.74) is 6.28. The number of ether oxygens (including phenoxy) is 1. The molecule has 1 saturated heterocycles. The van der Waals surface area contributed by atoms with Crippen LogP contribution in [-0.4, -0.2) is 44.0 Å². The van der Waals surface area contributed by atoms with Crippen molar-refractivity contribution in [1.82, 2.24) is 4.98 Å². The second-order valence-corrected chi connectivity index (χ2v) is 6.95. The third kappa shape index (κ3) is 3.38. The monoisotopic (exact) mass is 299 g/mol. The fourth-order valence-electron chi connectivity index (χ4n) is 2.13. The van der Waals surface area contributed by atoms with Crippen LogP contribution in [0.3, 0.4) is 0 Å². The standard InChI is InChI=1S/C12H17N3O4S/c1-19-12(16)10-5-4-9(13)11(15-10)14-8-3-2-6-20(17,18)7-8/h4-5,8H,2-3,6-7,13H2,1H3,(H,14,15). The van der Waals surface area contributed by atoms with Crippen molar-refractivity contribution in [3.05, 3.63) is 17.8 Å². The molecule has 20 heavy (non-hydrogen) atoms. The number of rotatable bonds is 3. The molecule has 8 heteroatoms. The molecule has 1 aromatic heterocycles. The number of hydrogen-bond donors (Lipinski definition) is 2. The van der Waals surface area contributed by atoms with E-state index in [2.05, 4.69) is 15.0 Å². The van der Waals surface area contributed by atoms with Gasteiger partial charge in [0.05, 0.1) is 24.3 Å². The number of nitrogen functional groups attached to an aromatic ring is 1. The molecule has 110 valence electrons. The number of anilines is 2. The van der Waals surface area contributed by atoms with Crippen molar-refractivity contribution < 1.29 is 17.9 Å². The van der Waals surface area contributed by atoms with E-state index in [1.807, 2.05) is 0 Å². The minimum absolute atomic E-state index is 0.0522. The van der Waals surface area contributed by atoms with Gasteiger partial charge in [0.25, 0.3) is 0 Å². The molecule has 2 heterocycles. The first-order chi connectivity index (χ1) is 9.41. The van der Waals surface area contributed by atoms with Crippen molar-refractivity contribution in [3.8, 4) is 0 Å². The van der Waals surface area contributed by atoms with E-state index in [9.17, 15) is 13.2 Å². The predicted octanol–water partition coefficient (Wildman–Crippen LogP) is 0.439. The topological polar surface area (TPSA) is 111 Å². The number of carbonyl (C=O) groups is 1. The Morgan fingerprint density at radius 2 is 2.25 bits per heavy atom. The molecule has 0 amide bonds. The van der Waals surface area contributed by atoms with Crippen LogP contribution >= 0.6 is 0 Å². The van der Waals surface area contributed by atoms with Crippen LogP contribution in [0.5, 0.6) is 0 Å². The van der Waals surface area contributed by atoms with E-state index in [4.69, 9.17) is 5.73 Å². The van der Waals surface area contributed by atoms with Crippen LogP contribution in [0.25, 0.3) is 0 Å². The lowest BCUT2D eigenvalue weighted by Gasteiger charge is -2.24. The van der Waals surface area contributed by atoms with Crippen molar-refractivity contribution >= 4 is 27.3 Å². The third-order valence-electron chi connectivity index (χ3n) is 3.12. The zero-order chi connectivity index (χ0) is 14.8. The van der Waals surface area contributed by atoms with Gasteiger partial charge in [-0.3, -0.25) is 0 Å². The van der Waals surface area contributed by atoms with E-state index in [1.165, 1.54) is 13.2 Å². The summed E-state index contributed by atoms with van der Waals surface area (Å²) < 4.78 is 27.8. The van der Waals surface area contributed by atoms with E-state index in [-0.39, 0.29) is 23.2 Å². The van der Waals surface area contributed by atoms with Gasteiger partial charge in [0.15, 0.2) is 15.5 Å². The van der Waals surface area contributed by atoms with Gasteiger partial charge in [-0.2, -0.15) is 0 Å². The third-order valence-corrected chi connectivity index (χ3v) is 4.95. The first kappa shape index (κ1) is 14.6. The number of methoxy groups -OCH3 is 1. The number of nitrogens with two attached hydrogens (primary N) is 1. The van der Waals surface area contributed by atoms with Gasteiger partial charge in [-0.15, -0.1) is 0 Å². The van der Waals surface area contributed by atoms with Gasteiger partial charge >= 0.3 is 5.97 Å². The molecular formula is C12H17N3O4S. The summed E-state index contributed by atoms with van der Waals surface area (Å²) in [5, 5.41) is 3.00. The number of nitrogens with zero attached hydrogens (tertiary/aromatic N) is 1. The van der Waals surface area contributed by atoms with Gasteiger partial charge in [0.1, 0.15) is 5.82 Å². The zero-order valence-electron chi connectivity index (χ0n) is 11.1. The van der Waals surface area contributed by atoms with E-state index in [1.54, 1.807) is 6.07 Å². The normalized spacial score (nSPS) is 21.1. The van der Waals surface area contributed by atoms with Crippen molar-refractivity contribution in [1.29, 1.82) is 0 Å². The molecule has 0 bridgehead atoms. The van der Waals surface area contributed by atoms with Gasteiger partial charge in [-0.05, 0) is 25.0 Å². The molecule has 2 rings (SSSR count). The highest BCUT2D eigenvalue weighted by molar-refractivity contribution is 7.91. The fourth-order valence-corrected chi connectivity index (χ4v) is 3.77. The van der Waals surface area contributed by atoms with Crippen LogP contribution in [-0.2, 0) is 14.6 Å². The number of nitrogens with one attached hydrogen (secondary N) is 1. The maximum Gasteiger partial charge on any atom is 0.356 e. The molecule has 1 unspecified atom stereocenters. The second-order valence-electron chi connectivity index (χ2n) is 4.72. The summed E-state index contributed by atoms with van der Waals surface area (Å²) in [4.78, 5) is 15.5. The highest BCUT2D eigenvalue weighted by Crippen LogP contribution is 2.21. The Morgan fingerprint density at radius 3 is 2.90 bits per heavy atom. The Balaban J connectivity index is 2.18. The molecule has 7 nitrogen and oxygen atoms in total. The SMILES string of the molecule is COC(=O)c1ccc(N)c(NC2CCCS(=O)(=O)C2)n1. The lowest BCUT2D eigenvalue weighted by molar-refractivity contribution is 0.0594.